The maximum Gasteiger partial charge on any atom is 0.119 e. The number of rotatable bonds is 0. The van der Waals surface area contributed by atoms with Crippen LogP contribution in [0.3, 0.4) is 0 Å². The van der Waals surface area contributed by atoms with E-state index in [1.165, 1.54) is 11.4 Å². The van der Waals surface area contributed by atoms with Crippen LogP contribution in [0.5, 0.6) is 0 Å². The number of quaternary nitrogens is 1. The molecular formula is C10H16N3+. The summed E-state index contributed by atoms with van der Waals surface area (Å²) in [5, 5.41) is 4.49. The van der Waals surface area contributed by atoms with Crippen LogP contribution >= 0.6 is 0 Å². The van der Waals surface area contributed by atoms with Crippen molar-refractivity contribution in [3.8, 4) is 0 Å². The Kier molecular flexibility index (Phi) is 1.54. The molecule has 0 fully saturated rings. The average Bonchev–Trinajstić information content (AvgIpc) is 2.30. The van der Waals surface area contributed by atoms with Crippen LogP contribution in [0.2, 0.25) is 0 Å². The van der Waals surface area contributed by atoms with Gasteiger partial charge in [0, 0.05) is 0 Å². The standard InChI is InChI=1S/C10H16N3/c1-11-9-7-5-6-8-10(9)12(2)13(11,3)4/h5-8H,1-4H3/q+1. The highest BCUT2D eigenvalue weighted by atomic mass is 16.0. The molecule has 1 heterocycles. The van der Waals surface area contributed by atoms with Crippen molar-refractivity contribution in [2.45, 2.75) is 0 Å². The molecule has 0 aromatic heterocycles. The Morgan fingerprint density at radius 2 is 1.31 bits per heavy atom. The Bertz CT molecular complexity index is 302. The van der Waals surface area contributed by atoms with E-state index in [2.05, 4.69) is 62.5 Å². The quantitative estimate of drug-likeness (QED) is 0.555. The molecule has 1 aromatic rings. The molecule has 0 saturated heterocycles. The van der Waals surface area contributed by atoms with Crippen molar-refractivity contribution in [2.75, 3.05) is 38.2 Å². The molecule has 1 aromatic carbocycles. The molecule has 1 aliphatic rings. The van der Waals surface area contributed by atoms with E-state index in [1.807, 2.05) is 0 Å². The minimum atomic E-state index is 0.749. The molecule has 0 N–H and O–H groups in total. The van der Waals surface area contributed by atoms with Crippen LogP contribution in [-0.4, -0.2) is 32.9 Å². The van der Waals surface area contributed by atoms with Crippen molar-refractivity contribution >= 4 is 11.4 Å². The van der Waals surface area contributed by atoms with Gasteiger partial charge in [-0.2, -0.15) is 0 Å². The lowest BCUT2D eigenvalue weighted by atomic mass is 10.3. The monoisotopic (exact) mass is 178 g/mol. The third-order valence-electron chi connectivity index (χ3n) is 3.05. The summed E-state index contributed by atoms with van der Waals surface area (Å²) in [6.07, 6.45) is 0. The van der Waals surface area contributed by atoms with E-state index in [0.717, 1.165) is 4.70 Å². The van der Waals surface area contributed by atoms with E-state index in [9.17, 15) is 0 Å². The molecule has 0 atom stereocenters. The van der Waals surface area contributed by atoms with Crippen LogP contribution in [-0.2, 0) is 0 Å². The molecule has 0 amide bonds. The lowest BCUT2D eigenvalue weighted by molar-refractivity contribution is -0.899. The zero-order chi connectivity index (χ0) is 9.64. The van der Waals surface area contributed by atoms with E-state index < -0.39 is 0 Å². The molecule has 3 nitrogen and oxygen atoms in total. The van der Waals surface area contributed by atoms with E-state index in [-0.39, 0.29) is 0 Å². The number of para-hydroxylation sites is 2. The smallest absolute Gasteiger partial charge is 0.119 e. The van der Waals surface area contributed by atoms with Crippen molar-refractivity contribution in [1.29, 1.82) is 0 Å². The SMILES string of the molecule is CN1c2ccccc2N(C)[N+]1(C)C. The first kappa shape index (κ1) is 8.38. The molecule has 70 valence electrons. The second-order valence-electron chi connectivity index (χ2n) is 3.87. The Morgan fingerprint density at radius 1 is 0.923 bits per heavy atom. The predicted octanol–water partition coefficient (Wildman–Crippen LogP) is 1.48. The van der Waals surface area contributed by atoms with E-state index in [4.69, 9.17) is 0 Å². The Morgan fingerprint density at radius 3 is 1.69 bits per heavy atom. The average molecular weight is 178 g/mol. The van der Waals surface area contributed by atoms with Gasteiger partial charge in [0.05, 0.1) is 14.1 Å². The summed E-state index contributed by atoms with van der Waals surface area (Å²) in [6.45, 7) is 0. The zero-order valence-electron chi connectivity index (χ0n) is 8.65. The summed E-state index contributed by atoms with van der Waals surface area (Å²) >= 11 is 0. The molecule has 3 heteroatoms. The number of benzene rings is 1. The Labute approximate surface area is 79.3 Å². The maximum absolute atomic E-state index is 2.25. The molecule has 0 radical (unpaired) electrons. The summed E-state index contributed by atoms with van der Waals surface area (Å²) in [5.41, 5.74) is 2.57. The van der Waals surface area contributed by atoms with Crippen LogP contribution in [0.15, 0.2) is 24.3 Å². The first-order valence-electron chi connectivity index (χ1n) is 4.46. The van der Waals surface area contributed by atoms with Gasteiger partial charge in [0.25, 0.3) is 0 Å². The van der Waals surface area contributed by atoms with Gasteiger partial charge in [-0.05, 0) is 12.1 Å². The van der Waals surface area contributed by atoms with E-state index in [0.29, 0.717) is 0 Å². The largest absolute Gasteiger partial charge is 0.201 e. The van der Waals surface area contributed by atoms with Crippen LogP contribution < -0.4 is 10.0 Å². The lowest BCUT2D eigenvalue weighted by Crippen LogP contribution is -2.58. The number of nitrogens with zero attached hydrogens (tertiary/aromatic N) is 3. The summed E-state index contributed by atoms with van der Waals surface area (Å²) in [7, 11) is 8.56. The number of hydrogen-bond acceptors (Lipinski definition) is 2. The molecule has 13 heavy (non-hydrogen) atoms. The van der Waals surface area contributed by atoms with Gasteiger partial charge in [-0.3, -0.25) is 0 Å². The molecular weight excluding hydrogens is 162 g/mol. The Hall–Kier alpha value is -1.22. The fraction of sp³-hybridized carbons (Fsp3) is 0.400. The van der Waals surface area contributed by atoms with Gasteiger partial charge in [0.1, 0.15) is 25.5 Å². The topological polar surface area (TPSA) is 6.48 Å². The second kappa shape index (κ2) is 2.39. The number of fused-ring (bicyclic) bond motifs is 1. The third kappa shape index (κ3) is 0.937. The van der Waals surface area contributed by atoms with E-state index in [1.54, 1.807) is 0 Å². The number of anilines is 2. The molecule has 0 aliphatic carbocycles. The van der Waals surface area contributed by atoms with Crippen LogP contribution in [0.4, 0.5) is 11.4 Å². The van der Waals surface area contributed by atoms with Gasteiger partial charge in [-0.1, -0.05) is 12.1 Å². The lowest BCUT2D eigenvalue weighted by Gasteiger charge is -2.36. The summed E-state index contributed by atoms with van der Waals surface area (Å²) in [6, 6.07) is 8.46. The molecule has 0 spiro atoms. The highest BCUT2D eigenvalue weighted by Gasteiger charge is 2.38. The van der Waals surface area contributed by atoms with Crippen molar-refractivity contribution in [3.63, 3.8) is 0 Å². The minimum Gasteiger partial charge on any atom is -0.201 e. The normalized spacial score (nSPS) is 19.1. The van der Waals surface area contributed by atoms with Gasteiger partial charge < -0.3 is 0 Å². The Balaban J connectivity index is 2.57. The molecule has 0 saturated carbocycles. The van der Waals surface area contributed by atoms with Gasteiger partial charge in [-0.15, -0.1) is 4.70 Å². The first-order chi connectivity index (χ1) is 6.05. The number of hydrogen-bond donors (Lipinski definition) is 0. The highest BCUT2D eigenvalue weighted by molar-refractivity contribution is 5.71. The fourth-order valence-corrected chi connectivity index (χ4v) is 1.74. The molecule has 0 unspecified atom stereocenters. The highest BCUT2D eigenvalue weighted by Crippen LogP contribution is 2.38. The van der Waals surface area contributed by atoms with Gasteiger partial charge >= 0.3 is 0 Å². The van der Waals surface area contributed by atoms with Crippen LogP contribution in [0, 0.1) is 0 Å². The van der Waals surface area contributed by atoms with Crippen LogP contribution in [0.25, 0.3) is 0 Å². The molecule has 1 aliphatic heterocycles. The predicted molar refractivity (Wildman–Crippen MR) is 55.4 cm³/mol. The van der Waals surface area contributed by atoms with Gasteiger partial charge in [0.15, 0.2) is 0 Å². The minimum absolute atomic E-state index is 0.749. The van der Waals surface area contributed by atoms with Crippen molar-refractivity contribution in [2.24, 2.45) is 0 Å². The third-order valence-corrected chi connectivity index (χ3v) is 3.05. The van der Waals surface area contributed by atoms with Crippen molar-refractivity contribution in [1.82, 2.24) is 0 Å². The molecule has 0 bridgehead atoms. The molecule has 2 rings (SSSR count). The fourth-order valence-electron chi connectivity index (χ4n) is 1.74. The maximum atomic E-state index is 2.25. The first-order valence-corrected chi connectivity index (χ1v) is 4.46. The summed E-state index contributed by atoms with van der Waals surface area (Å²) in [4.78, 5) is 0. The van der Waals surface area contributed by atoms with Crippen LogP contribution in [0.1, 0.15) is 0 Å². The summed E-state index contributed by atoms with van der Waals surface area (Å²) in [5.74, 6) is 0. The van der Waals surface area contributed by atoms with Gasteiger partial charge in [-0.25, -0.2) is 10.0 Å². The summed E-state index contributed by atoms with van der Waals surface area (Å²) < 4.78 is 0.749. The van der Waals surface area contributed by atoms with Crippen molar-refractivity contribution < 1.29 is 4.70 Å². The van der Waals surface area contributed by atoms with E-state index >= 15 is 0 Å². The van der Waals surface area contributed by atoms with Crippen molar-refractivity contribution in [3.05, 3.63) is 24.3 Å². The van der Waals surface area contributed by atoms with Gasteiger partial charge in [0.2, 0.25) is 0 Å². The second-order valence-corrected chi connectivity index (χ2v) is 3.87. The zero-order valence-corrected chi connectivity index (χ0v) is 8.65.